The third-order valence-corrected chi connectivity index (χ3v) is 7.09. The van der Waals surface area contributed by atoms with Crippen LogP contribution in [0.2, 0.25) is 0 Å². The molecule has 4 aromatic heterocycles. The van der Waals surface area contributed by atoms with Crippen LogP contribution < -0.4 is 11.1 Å². The molecule has 0 unspecified atom stereocenters. The summed E-state index contributed by atoms with van der Waals surface area (Å²) in [6, 6.07) is 6.42. The van der Waals surface area contributed by atoms with Crippen LogP contribution in [0.4, 0.5) is 17.6 Å². The van der Waals surface area contributed by atoms with Crippen LogP contribution in [0.5, 0.6) is 0 Å². The summed E-state index contributed by atoms with van der Waals surface area (Å²) in [4.78, 5) is 20.1. The van der Waals surface area contributed by atoms with Gasteiger partial charge in [-0.05, 0) is 68.1 Å². The highest BCUT2D eigenvalue weighted by molar-refractivity contribution is 6.10. The van der Waals surface area contributed by atoms with Crippen LogP contribution in [0, 0.1) is 5.95 Å². The quantitative estimate of drug-likeness (QED) is 0.162. The molecule has 0 aliphatic carbocycles. The summed E-state index contributed by atoms with van der Waals surface area (Å²) in [7, 11) is 0. The lowest BCUT2D eigenvalue weighted by Crippen LogP contribution is -2.29. The number of halogens is 4. The molecule has 0 amide bonds. The van der Waals surface area contributed by atoms with E-state index in [-0.39, 0.29) is 30.9 Å². The minimum absolute atomic E-state index is 0.0449. The van der Waals surface area contributed by atoms with Crippen molar-refractivity contribution in [2.75, 3.05) is 13.1 Å². The predicted molar refractivity (Wildman–Crippen MR) is 146 cm³/mol. The number of pyridine rings is 3. The lowest BCUT2D eigenvalue weighted by Gasteiger charge is -2.18. The van der Waals surface area contributed by atoms with Crippen molar-refractivity contribution in [1.82, 2.24) is 25.3 Å². The van der Waals surface area contributed by atoms with Gasteiger partial charge in [0.15, 0.2) is 0 Å². The molecule has 5 heterocycles. The highest BCUT2D eigenvalue weighted by atomic mass is 19.4. The molecule has 1 saturated heterocycles. The zero-order valence-corrected chi connectivity index (χ0v) is 21.7. The van der Waals surface area contributed by atoms with Crippen molar-refractivity contribution in [1.29, 1.82) is 0 Å². The fraction of sp³-hybridized carbons (Fsp3) is 0.310. The first-order valence-corrected chi connectivity index (χ1v) is 13.1. The zero-order valence-electron chi connectivity index (χ0n) is 21.7. The van der Waals surface area contributed by atoms with E-state index in [0.29, 0.717) is 16.9 Å². The Morgan fingerprint density at radius 3 is 2.65 bits per heavy atom. The molecule has 11 heteroatoms. The van der Waals surface area contributed by atoms with E-state index in [1.165, 1.54) is 12.4 Å². The van der Waals surface area contributed by atoms with Crippen LogP contribution in [0.15, 0.2) is 60.2 Å². The Kier molecular flexibility index (Phi) is 8.20. The molecule has 0 aromatic carbocycles. The van der Waals surface area contributed by atoms with E-state index in [0.717, 1.165) is 60.3 Å². The number of nitrogens with zero attached hydrogens (tertiary/aromatic N) is 4. The molecule has 5 rings (SSSR count). The molecule has 7 nitrogen and oxygen atoms in total. The molecule has 40 heavy (non-hydrogen) atoms. The Balaban J connectivity index is 1.31. The zero-order chi connectivity index (χ0) is 28.1. The summed E-state index contributed by atoms with van der Waals surface area (Å²) >= 11 is 0. The first kappa shape index (κ1) is 27.4. The van der Waals surface area contributed by atoms with Crippen molar-refractivity contribution in [3.63, 3.8) is 0 Å². The van der Waals surface area contributed by atoms with E-state index < -0.39 is 17.7 Å². The standard InChI is InChI=1S/C29H29F4N7/c30-27-18(1-3-24(40-27)4-2-19-14-36-10-7-26(19)29(31,32)33)11-21-16-39-28-25(21)12-20(15-38-28)22(13-34)17-37-23-5-8-35-9-6-23/h1,3,7,10,12-17,23,35H,2,4-6,8-9,11,34H2,(H,38,39). The summed E-state index contributed by atoms with van der Waals surface area (Å²) in [5, 5.41) is 4.15. The number of hydrogen-bond acceptors (Lipinski definition) is 6. The molecule has 4 aromatic rings. The number of nitrogens with two attached hydrogens (primary N) is 1. The van der Waals surface area contributed by atoms with Gasteiger partial charge in [-0.3, -0.25) is 9.98 Å². The second-order valence-electron chi connectivity index (χ2n) is 9.78. The summed E-state index contributed by atoms with van der Waals surface area (Å²) < 4.78 is 54.8. The number of piperidine rings is 1. The number of aromatic nitrogens is 4. The molecular formula is C29H29F4N7. The largest absolute Gasteiger partial charge is 0.416 e. The summed E-state index contributed by atoms with van der Waals surface area (Å²) in [5.41, 5.74) is 9.00. The van der Waals surface area contributed by atoms with Gasteiger partial charge in [0, 0.05) is 71.4 Å². The molecular weight excluding hydrogens is 522 g/mol. The smallest absolute Gasteiger partial charge is 0.404 e. The lowest BCUT2D eigenvalue weighted by molar-refractivity contribution is -0.138. The van der Waals surface area contributed by atoms with Gasteiger partial charge in [-0.25, -0.2) is 9.97 Å². The fourth-order valence-electron chi connectivity index (χ4n) is 4.86. The van der Waals surface area contributed by atoms with E-state index in [4.69, 9.17) is 10.7 Å². The van der Waals surface area contributed by atoms with Gasteiger partial charge in [-0.15, -0.1) is 0 Å². The Bertz CT molecular complexity index is 1540. The number of hydrogen-bond donors (Lipinski definition) is 3. The van der Waals surface area contributed by atoms with Gasteiger partial charge in [0.05, 0.1) is 11.6 Å². The molecule has 208 valence electrons. The van der Waals surface area contributed by atoms with Gasteiger partial charge in [0.25, 0.3) is 0 Å². The predicted octanol–water partition coefficient (Wildman–Crippen LogP) is 5.01. The van der Waals surface area contributed by atoms with E-state index in [1.54, 1.807) is 30.7 Å². The summed E-state index contributed by atoms with van der Waals surface area (Å²) in [6.45, 7) is 1.89. The minimum atomic E-state index is -4.48. The summed E-state index contributed by atoms with van der Waals surface area (Å²) in [6.07, 6.45) is 7.03. The van der Waals surface area contributed by atoms with Crippen LogP contribution in [0.3, 0.4) is 0 Å². The molecule has 0 radical (unpaired) electrons. The Hall–Kier alpha value is -4.12. The van der Waals surface area contributed by atoms with Crippen molar-refractivity contribution < 1.29 is 17.6 Å². The van der Waals surface area contributed by atoms with Crippen LogP contribution >= 0.6 is 0 Å². The van der Waals surface area contributed by atoms with E-state index in [2.05, 4.69) is 25.3 Å². The van der Waals surface area contributed by atoms with Crippen molar-refractivity contribution in [3.05, 3.63) is 94.7 Å². The lowest BCUT2D eigenvalue weighted by atomic mass is 10.0. The third-order valence-electron chi connectivity index (χ3n) is 7.09. The number of fused-ring (bicyclic) bond motifs is 1. The van der Waals surface area contributed by atoms with E-state index in [1.807, 2.05) is 6.07 Å². The molecule has 1 aliphatic rings. The third kappa shape index (κ3) is 6.36. The number of alkyl halides is 3. The number of rotatable bonds is 8. The second kappa shape index (κ2) is 12.0. The highest BCUT2D eigenvalue weighted by Gasteiger charge is 2.33. The second-order valence-corrected chi connectivity index (χ2v) is 9.78. The number of allylic oxidation sites excluding steroid dienone is 1. The van der Waals surface area contributed by atoms with Gasteiger partial charge >= 0.3 is 6.18 Å². The average Bonchev–Trinajstić information content (AvgIpc) is 3.36. The van der Waals surface area contributed by atoms with Crippen molar-refractivity contribution in [3.8, 4) is 0 Å². The van der Waals surface area contributed by atoms with Crippen LogP contribution in [0.1, 0.15) is 46.4 Å². The maximum atomic E-state index is 15.0. The number of aliphatic imine (C=N–C) groups is 1. The van der Waals surface area contributed by atoms with Gasteiger partial charge in [-0.1, -0.05) is 6.07 Å². The van der Waals surface area contributed by atoms with Crippen LogP contribution in [-0.4, -0.2) is 45.3 Å². The van der Waals surface area contributed by atoms with E-state index >= 15 is 0 Å². The first-order chi connectivity index (χ1) is 19.3. The maximum absolute atomic E-state index is 15.0. The topological polar surface area (TPSA) is 105 Å². The van der Waals surface area contributed by atoms with E-state index in [9.17, 15) is 17.6 Å². The Morgan fingerprint density at radius 2 is 1.90 bits per heavy atom. The molecule has 4 N–H and O–H groups in total. The Labute approximate surface area is 228 Å². The molecule has 1 fully saturated rings. The van der Waals surface area contributed by atoms with Gasteiger partial charge in [0.1, 0.15) is 5.65 Å². The Morgan fingerprint density at radius 1 is 1.07 bits per heavy atom. The fourth-order valence-corrected chi connectivity index (χ4v) is 4.86. The van der Waals surface area contributed by atoms with Crippen LogP contribution in [-0.2, 0) is 25.4 Å². The summed E-state index contributed by atoms with van der Waals surface area (Å²) in [5.74, 6) is -0.658. The number of aromatic amines is 1. The molecule has 0 saturated carbocycles. The first-order valence-electron chi connectivity index (χ1n) is 13.1. The molecule has 1 aliphatic heterocycles. The van der Waals surface area contributed by atoms with Crippen LogP contribution in [0.25, 0.3) is 16.6 Å². The highest BCUT2D eigenvalue weighted by Crippen LogP contribution is 2.32. The van der Waals surface area contributed by atoms with Crippen molar-refractivity contribution in [2.24, 2.45) is 10.7 Å². The molecule has 0 bridgehead atoms. The normalized spacial score (nSPS) is 15.3. The molecule has 0 atom stereocenters. The van der Waals surface area contributed by atoms with Crippen molar-refractivity contribution in [2.45, 2.75) is 44.3 Å². The van der Waals surface area contributed by atoms with Gasteiger partial charge in [0.2, 0.25) is 5.95 Å². The maximum Gasteiger partial charge on any atom is 0.416 e. The van der Waals surface area contributed by atoms with Gasteiger partial charge < -0.3 is 16.0 Å². The monoisotopic (exact) mass is 551 g/mol. The number of H-pyrrole nitrogens is 1. The molecule has 0 spiro atoms. The average molecular weight is 552 g/mol. The SMILES string of the molecule is NC=C(C=NC1CCNCC1)c1cnc2[nH]cc(Cc3ccc(CCc4cnccc4C(F)(F)F)nc3F)c2c1. The number of aryl methyl sites for hydroxylation is 2. The minimum Gasteiger partial charge on any atom is -0.404 e. The van der Waals surface area contributed by atoms with Gasteiger partial charge in [-0.2, -0.15) is 17.6 Å². The van der Waals surface area contributed by atoms with Crippen molar-refractivity contribution >= 4 is 22.8 Å². The number of nitrogens with one attached hydrogen (secondary N) is 2.